The molecule has 3 nitrogen and oxygen atoms in total. The molecule has 0 bridgehead atoms. The predicted molar refractivity (Wildman–Crippen MR) is 54.6 cm³/mol. The molecule has 0 heterocycles. The monoisotopic (exact) mass is 216 g/mol. The molecule has 4 heteroatoms. The smallest absolute Gasteiger partial charge is 0.126 e. The maximum Gasteiger partial charge on any atom is 0.126 e. The molecule has 0 fully saturated rings. The summed E-state index contributed by atoms with van der Waals surface area (Å²) in [6, 6.07) is 5.13. The summed E-state index contributed by atoms with van der Waals surface area (Å²) in [5.74, 6) is 0.515. The van der Waals surface area contributed by atoms with Crippen molar-refractivity contribution in [3.8, 4) is 5.75 Å². The van der Waals surface area contributed by atoms with Crippen LogP contribution in [0.4, 0.5) is 0 Å². The molecule has 14 heavy (non-hydrogen) atoms. The molecule has 1 aromatic rings. The number of hydrogen-bond donors (Lipinski definition) is 2. The zero-order valence-electron chi connectivity index (χ0n) is 7.90. The molecule has 1 rings (SSSR count). The summed E-state index contributed by atoms with van der Waals surface area (Å²) in [5.41, 5.74) is 0.551. The maximum absolute atomic E-state index is 9.04. The summed E-state index contributed by atoms with van der Waals surface area (Å²) in [6.45, 7) is 1.64. The Morgan fingerprint density at radius 1 is 1.50 bits per heavy atom. The number of rotatable bonds is 4. The van der Waals surface area contributed by atoms with Gasteiger partial charge in [-0.15, -0.1) is 0 Å². The van der Waals surface area contributed by atoms with Gasteiger partial charge in [0.25, 0.3) is 0 Å². The minimum atomic E-state index is -0.541. The first-order valence-electron chi connectivity index (χ1n) is 4.34. The van der Waals surface area contributed by atoms with Crippen molar-refractivity contribution >= 4 is 11.6 Å². The number of halogens is 1. The van der Waals surface area contributed by atoms with E-state index in [2.05, 4.69) is 0 Å². The van der Waals surface area contributed by atoms with Gasteiger partial charge >= 0.3 is 0 Å². The fourth-order valence-corrected chi connectivity index (χ4v) is 1.26. The van der Waals surface area contributed by atoms with Crippen molar-refractivity contribution in [1.29, 1.82) is 0 Å². The normalized spacial score (nSPS) is 12.6. The molecule has 0 aromatic heterocycles. The summed E-state index contributed by atoms with van der Waals surface area (Å²) in [7, 11) is 0. The zero-order valence-corrected chi connectivity index (χ0v) is 8.66. The third kappa shape index (κ3) is 2.87. The van der Waals surface area contributed by atoms with Gasteiger partial charge in [-0.05, 0) is 19.1 Å². The Bertz CT molecular complexity index is 299. The predicted octanol–water partition coefficient (Wildman–Crippen LogP) is 1.59. The average Bonchev–Trinajstić information content (AvgIpc) is 2.14. The van der Waals surface area contributed by atoms with Gasteiger partial charge in [0.15, 0.2) is 0 Å². The summed E-state index contributed by atoms with van der Waals surface area (Å²) in [6.07, 6.45) is -0.541. The van der Waals surface area contributed by atoms with E-state index in [9.17, 15) is 0 Å². The highest BCUT2D eigenvalue weighted by atomic mass is 35.5. The van der Waals surface area contributed by atoms with Crippen molar-refractivity contribution in [1.82, 2.24) is 0 Å². The largest absolute Gasteiger partial charge is 0.490 e. The first kappa shape index (κ1) is 11.3. The lowest BCUT2D eigenvalue weighted by atomic mass is 10.2. The molecule has 0 aliphatic heterocycles. The first-order valence-corrected chi connectivity index (χ1v) is 4.72. The van der Waals surface area contributed by atoms with Crippen molar-refractivity contribution in [2.24, 2.45) is 0 Å². The van der Waals surface area contributed by atoms with Gasteiger partial charge < -0.3 is 14.9 Å². The Morgan fingerprint density at radius 2 is 2.21 bits per heavy atom. The Morgan fingerprint density at radius 3 is 2.79 bits per heavy atom. The molecule has 0 aliphatic rings. The van der Waals surface area contributed by atoms with Crippen LogP contribution in [0, 0.1) is 0 Å². The molecule has 0 radical (unpaired) electrons. The zero-order chi connectivity index (χ0) is 10.6. The van der Waals surface area contributed by atoms with Crippen LogP contribution in [-0.2, 0) is 6.61 Å². The SMILES string of the molecule is CC(O)COc1cccc(Cl)c1CO. The summed E-state index contributed by atoms with van der Waals surface area (Å²) in [4.78, 5) is 0. The van der Waals surface area contributed by atoms with Gasteiger partial charge in [-0.25, -0.2) is 0 Å². The van der Waals surface area contributed by atoms with E-state index in [0.29, 0.717) is 16.3 Å². The molecule has 78 valence electrons. The van der Waals surface area contributed by atoms with Crippen molar-refractivity contribution < 1.29 is 14.9 Å². The Kier molecular flexibility index (Phi) is 4.20. The fraction of sp³-hybridized carbons (Fsp3) is 0.400. The highest BCUT2D eigenvalue weighted by molar-refractivity contribution is 6.31. The molecular formula is C10H13ClO3. The quantitative estimate of drug-likeness (QED) is 0.804. The number of aliphatic hydroxyl groups excluding tert-OH is 2. The van der Waals surface area contributed by atoms with Crippen LogP contribution in [0.15, 0.2) is 18.2 Å². The van der Waals surface area contributed by atoms with Gasteiger partial charge in [-0.1, -0.05) is 17.7 Å². The minimum Gasteiger partial charge on any atom is -0.490 e. The second kappa shape index (κ2) is 5.20. The number of ether oxygens (including phenoxy) is 1. The molecule has 0 spiro atoms. The van der Waals surface area contributed by atoms with E-state index in [1.54, 1.807) is 25.1 Å². The number of benzene rings is 1. The van der Waals surface area contributed by atoms with Gasteiger partial charge in [-0.3, -0.25) is 0 Å². The number of aliphatic hydroxyl groups is 2. The van der Waals surface area contributed by atoms with Crippen molar-refractivity contribution in [2.75, 3.05) is 6.61 Å². The number of hydrogen-bond acceptors (Lipinski definition) is 3. The van der Waals surface area contributed by atoms with E-state index in [1.165, 1.54) is 0 Å². The lowest BCUT2D eigenvalue weighted by molar-refractivity contribution is 0.121. The topological polar surface area (TPSA) is 49.7 Å². The van der Waals surface area contributed by atoms with Crippen LogP contribution in [-0.4, -0.2) is 22.9 Å². The maximum atomic E-state index is 9.04. The minimum absolute atomic E-state index is 0.172. The average molecular weight is 217 g/mol. The van der Waals surface area contributed by atoms with Crippen LogP contribution < -0.4 is 4.74 Å². The van der Waals surface area contributed by atoms with Crippen LogP contribution in [0.5, 0.6) is 5.75 Å². The third-order valence-electron chi connectivity index (χ3n) is 1.71. The molecule has 1 aromatic carbocycles. The highest BCUT2D eigenvalue weighted by Crippen LogP contribution is 2.26. The highest BCUT2D eigenvalue weighted by Gasteiger charge is 2.07. The Labute approximate surface area is 87.9 Å². The van der Waals surface area contributed by atoms with E-state index >= 15 is 0 Å². The summed E-state index contributed by atoms with van der Waals surface area (Å²) in [5, 5.41) is 18.5. The fourth-order valence-electron chi connectivity index (χ4n) is 1.04. The lowest BCUT2D eigenvalue weighted by Crippen LogP contribution is -2.13. The van der Waals surface area contributed by atoms with Gasteiger partial charge in [0, 0.05) is 10.6 Å². The van der Waals surface area contributed by atoms with Gasteiger partial charge in [0.05, 0.1) is 12.7 Å². The van der Waals surface area contributed by atoms with Gasteiger partial charge in [0.1, 0.15) is 12.4 Å². The van der Waals surface area contributed by atoms with Crippen LogP contribution in [0.25, 0.3) is 0 Å². The van der Waals surface area contributed by atoms with Crippen LogP contribution in [0.3, 0.4) is 0 Å². The molecule has 0 saturated carbocycles. The molecule has 0 aliphatic carbocycles. The molecule has 1 atom stereocenters. The van der Waals surface area contributed by atoms with E-state index in [0.717, 1.165) is 0 Å². The first-order chi connectivity index (χ1) is 6.65. The van der Waals surface area contributed by atoms with E-state index in [-0.39, 0.29) is 13.2 Å². The van der Waals surface area contributed by atoms with E-state index in [4.69, 9.17) is 26.6 Å². The van der Waals surface area contributed by atoms with E-state index < -0.39 is 6.10 Å². The molecule has 2 N–H and O–H groups in total. The van der Waals surface area contributed by atoms with Crippen molar-refractivity contribution in [2.45, 2.75) is 19.6 Å². The van der Waals surface area contributed by atoms with Crippen molar-refractivity contribution in [3.63, 3.8) is 0 Å². The van der Waals surface area contributed by atoms with E-state index in [1.807, 2.05) is 0 Å². The Hall–Kier alpha value is -0.770. The molecule has 0 saturated heterocycles. The summed E-state index contributed by atoms with van der Waals surface area (Å²) < 4.78 is 5.28. The lowest BCUT2D eigenvalue weighted by Gasteiger charge is -2.12. The van der Waals surface area contributed by atoms with Crippen LogP contribution >= 0.6 is 11.6 Å². The third-order valence-corrected chi connectivity index (χ3v) is 2.07. The second-order valence-corrected chi connectivity index (χ2v) is 3.44. The molecular weight excluding hydrogens is 204 g/mol. The Balaban J connectivity index is 2.80. The second-order valence-electron chi connectivity index (χ2n) is 3.03. The standard InChI is InChI=1S/C10H13ClO3/c1-7(13)6-14-10-4-2-3-9(11)8(10)5-12/h2-4,7,12-13H,5-6H2,1H3. The molecule has 0 amide bonds. The van der Waals surface area contributed by atoms with Gasteiger partial charge in [-0.2, -0.15) is 0 Å². The van der Waals surface area contributed by atoms with Crippen LogP contribution in [0.2, 0.25) is 5.02 Å². The molecule has 1 unspecified atom stereocenters. The summed E-state index contributed by atoms with van der Waals surface area (Å²) >= 11 is 5.84. The van der Waals surface area contributed by atoms with Gasteiger partial charge in [0.2, 0.25) is 0 Å². The van der Waals surface area contributed by atoms with Crippen molar-refractivity contribution in [3.05, 3.63) is 28.8 Å². The van der Waals surface area contributed by atoms with Crippen LogP contribution in [0.1, 0.15) is 12.5 Å².